The number of hydrogen-bond donors (Lipinski definition) is 3. The van der Waals surface area contributed by atoms with Crippen LogP contribution >= 0.6 is 11.3 Å². The molecule has 10 nitrogen and oxygen atoms in total. The fraction of sp³-hybridized carbons (Fsp3) is 0.760. The lowest BCUT2D eigenvalue weighted by molar-refractivity contribution is -0.147. The number of likely N-dealkylation sites (tertiary alicyclic amines) is 1. The molecule has 0 radical (unpaired) electrons. The quantitative estimate of drug-likeness (QED) is 0.334. The number of hydrogen-bond acceptors (Lipinski definition) is 8. The number of likely N-dealkylation sites (N-methyl/N-ethyl adjacent to an activating group) is 1. The molecule has 0 spiro atoms. The van der Waals surface area contributed by atoms with Crippen LogP contribution in [-0.2, 0) is 14.3 Å². The lowest BCUT2D eigenvalue weighted by Crippen LogP contribution is -2.59. The fourth-order valence-corrected chi connectivity index (χ4v) is 5.55. The maximum absolute atomic E-state index is 13.8. The first-order valence-electron chi connectivity index (χ1n) is 12.7. The second-order valence-corrected chi connectivity index (χ2v) is 10.9. The number of carbonyl (C=O) groups excluding carboxylic acids is 2. The van der Waals surface area contributed by atoms with Crippen molar-refractivity contribution in [3.05, 3.63) is 16.1 Å². The van der Waals surface area contributed by atoms with Crippen LogP contribution < -0.4 is 5.32 Å². The zero-order valence-corrected chi connectivity index (χ0v) is 23.1. The maximum atomic E-state index is 13.8. The molecule has 0 saturated carbocycles. The second-order valence-electron chi connectivity index (χ2n) is 9.96. The third kappa shape index (κ3) is 7.47. The van der Waals surface area contributed by atoms with E-state index in [-0.39, 0.29) is 35.4 Å². The number of carboxylic acid groups (broad SMARTS) is 1. The van der Waals surface area contributed by atoms with Gasteiger partial charge in [-0.05, 0) is 38.3 Å². The smallest absolute Gasteiger partial charge is 0.355 e. The summed E-state index contributed by atoms with van der Waals surface area (Å²) in [5.74, 6) is -1.79. The molecule has 0 aliphatic carbocycles. The van der Waals surface area contributed by atoms with Crippen molar-refractivity contribution in [1.82, 2.24) is 20.1 Å². The molecular formula is C25H42N4O6S. The summed E-state index contributed by atoms with van der Waals surface area (Å²) in [6.45, 7) is 8.13. The van der Waals surface area contributed by atoms with Crippen LogP contribution in [0.5, 0.6) is 0 Å². The van der Waals surface area contributed by atoms with E-state index in [4.69, 9.17) is 4.74 Å². The average Bonchev–Trinajstić information content (AvgIpc) is 3.34. The molecule has 1 fully saturated rings. The van der Waals surface area contributed by atoms with Crippen LogP contribution in [0.3, 0.4) is 0 Å². The number of aliphatic hydroxyl groups excluding tert-OH is 1. The minimum absolute atomic E-state index is 0.0459. The van der Waals surface area contributed by atoms with Crippen molar-refractivity contribution in [3.63, 3.8) is 0 Å². The lowest BCUT2D eigenvalue weighted by atomic mass is 9.92. The van der Waals surface area contributed by atoms with Crippen molar-refractivity contribution >= 4 is 29.1 Å². The van der Waals surface area contributed by atoms with Gasteiger partial charge in [0, 0.05) is 25.0 Å². The highest BCUT2D eigenvalue weighted by Crippen LogP contribution is 2.30. The van der Waals surface area contributed by atoms with E-state index in [9.17, 15) is 24.6 Å². The van der Waals surface area contributed by atoms with Gasteiger partial charge in [-0.25, -0.2) is 9.78 Å². The van der Waals surface area contributed by atoms with E-state index in [0.29, 0.717) is 17.8 Å². The van der Waals surface area contributed by atoms with E-state index < -0.39 is 30.9 Å². The van der Waals surface area contributed by atoms with Crippen molar-refractivity contribution < 1.29 is 29.3 Å². The molecule has 1 unspecified atom stereocenters. The third-order valence-corrected chi connectivity index (χ3v) is 8.15. The number of piperidine rings is 1. The number of aliphatic hydroxyl groups is 1. The monoisotopic (exact) mass is 526 g/mol. The van der Waals surface area contributed by atoms with Crippen molar-refractivity contribution in [1.29, 1.82) is 0 Å². The van der Waals surface area contributed by atoms with E-state index in [1.165, 1.54) is 28.7 Å². The Balaban J connectivity index is 2.27. The van der Waals surface area contributed by atoms with E-state index in [2.05, 4.69) is 10.3 Å². The highest BCUT2D eigenvalue weighted by molar-refractivity contribution is 7.09. The summed E-state index contributed by atoms with van der Waals surface area (Å²) in [4.78, 5) is 45.9. The van der Waals surface area contributed by atoms with E-state index >= 15 is 0 Å². The molecule has 1 aliphatic heterocycles. The highest BCUT2D eigenvalue weighted by atomic mass is 32.1. The van der Waals surface area contributed by atoms with Gasteiger partial charge in [-0.2, -0.15) is 0 Å². The van der Waals surface area contributed by atoms with Gasteiger partial charge in [0.15, 0.2) is 5.69 Å². The Kier molecular flexibility index (Phi) is 11.7. The SMILES string of the molecule is CCC(C)[C@H](NC(=O)[C@H]1CCCCN1C)C(=O)N(CO)[C@H](C[C@@H](OC)c1nc(C(=O)O)cs1)C(C)C. The Morgan fingerprint density at radius 1 is 1.31 bits per heavy atom. The number of nitrogens with one attached hydrogen (secondary N) is 1. The molecule has 11 heteroatoms. The minimum Gasteiger partial charge on any atom is -0.476 e. The molecule has 3 N–H and O–H groups in total. The average molecular weight is 527 g/mol. The van der Waals surface area contributed by atoms with Crippen LogP contribution in [0.25, 0.3) is 0 Å². The maximum Gasteiger partial charge on any atom is 0.355 e. The Hall–Kier alpha value is -2.08. The summed E-state index contributed by atoms with van der Waals surface area (Å²) in [5, 5.41) is 24.5. The van der Waals surface area contributed by atoms with Gasteiger partial charge >= 0.3 is 5.97 Å². The molecule has 2 rings (SSSR count). The van der Waals surface area contributed by atoms with Gasteiger partial charge in [0.05, 0.1) is 6.04 Å². The van der Waals surface area contributed by atoms with Gasteiger partial charge in [-0.3, -0.25) is 14.5 Å². The molecular weight excluding hydrogens is 484 g/mol. The van der Waals surface area contributed by atoms with E-state index in [0.717, 1.165) is 25.8 Å². The third-order valence-electron chi connectivity index (χ3n) is 7.21. The Morgan fingerprint density at radius 3 is 2.50 bits per heavy atom. The summed E-state index contributed by atoms with van der Waals surface area (Å²) in [6.07, 6.45) is 3.23. The van der Waals surface area contributed by atoms with Crippen LogP contribution in [0.2, 0.25) is 0 Å². The number of carboxylic acids is 1. The predicted molar refractivity (Wildman–Crippen MR) is 138 cm³/mol. The molecule has 1 aliphatic rings. The number of carbonyl (C=O) groups is 3. The van der Waals surface area contributed by atoms with Gasteiger partial charge in [0.1, 0.15) is 23.9 Å². The Morgan fingerprint density at radius 2 is 2.00 bits per heavy atom. The van der Waals surface area contributed by atoms with Crippen molar-refractivity contribution in [2.45, 2.75) is 84.0 Å². The van der Waals surface area contributed by atoms with E-state index in [1.54, 1.807) is 0 Å². The number of thiazole rings is 1. The molecule has 1 saturated heterocycles. The van der Waals surface area contributed by atoms with E-state index in [1.807, 2.05) is 39.6 Å². The summed E-state index contributed by atoms with van der Waals surface area (Å²) in [5.41, 5.74) is -0.0551. The summed E-state index contributed by atoms with van der Waals surface area (Å²) in [7, 11) is 3.44. The predicted octanol–water partition coefficient (Wildman–Crippen LogP) is 2.74. The van der Waals surface area contributed by atoms with Crippen molar-refractivity contribution in [2.24, 2.45) is 11.8 Å². The van der Waals surface area contributed by atoms with Crippen LogP contribution in [0.4, 0.5) is 0 Å². The molecule has 2 amide bonds. The Labute approximate surface area is 218 Å². The molecule has 36 heavy (non-hydrogen) atoms. The first-order valence-corrected chi connectivity index (χ1v) is 13.6. The number of rotatable bonds is 13. The molecule has 0 bridgehead atoms. The molecule has 5 atom stereocenters. The number of ether oxygens (including phenoxy) is 1. The number of methoxy groups -OCH3 is 1. The van der Waals surface area contributed by atoms with Crippen molar-refractivity contribution in [3.8, 4) is 0 Å². The fourth-order valence-electron chi connectivity index (χ4n) is 4.67. The second kappa shape index (κ2) is 14.0. The van der Waals surface area contributed by atoms with Gasteiger partial charge in [-0.1, -0.05) is 40.5 Å². The molecule has 2 heterocycles. The van der Waals surface area contributed by atoms with Gasteiger partial charge in [0.2, 0.25) is 11.8 Å². The zero-order chi connectivity index (χ0) is 27.0. The molecule has 0 aromatic carbocycles. The first kappa shape index (κ1) is 30.1. The van der Waals surface area contributed by atoms with Crippen LogP contribution in [0.15, 0.2) is 5.38 Å². The number of amides is 2. The summed E-state index contributed by atoms with van der Waals surface area (Å²) in [6, 6.07) is -1.47. The van der Waals surface area contributed by atoms with Crippen LogP contribution in [0, 0.1) is 11.8 Å². The number of aromatic nitrogens is 1. The standard InChI is InChI=1S/C25H42N4O6S/c1-7-16(4)21(27-22(31)18-10-8-9-11-28(18)5)24(32)29(14-30)19(15(2)3)12-20(35-6)23-26-17(13-36-23)25(33)34/h13,15-16,18-21,30H,7-12,14H2,1-6H3,(H,27,31)(H,33,34)/t16?,18-,19-,20-,21+/m1/s1. The largest absolute Gasteiger partial charge is 0.476 e. The zero-order valence-electron chi connectivity index (χ0n) is 22.3. The van der Waals surface area contributed by atoms with Gasteiger partial charge < -0.3 is 25.2 Å². The number of nitrogens with zero attached hydrogens (tertiary/aromatic N) is 3. The molecule has 1 aromatic heterocycles. The highest BCUT2D eigenvalue weighted by Gasteiger charge is 2.38. The topological polar surface area (TPSA) is 132 Å². The first-order chi connectivity index (χ1) is 17.0. The number of aromatic carboxylic acids is 1. The summed E-state index contributed by atoms with van der Waals surface area (Å²) >= 11 is 1.19. The molecule has 1 aromatic rings. The van der Waals surface area contributed by atoms with Crippen molar-refractivity contribution in [2.75, 3.05) is 27.4 Å². The van der Waals surface area contributed by atoms with Crippen LogP contribution in [0.1, 0.15) is 81.4 Å². The Bertz CT molecular complexity index is 878. The lowest BCUT2D eigenvalue weighted by Gasteiger charge is -2.39. The van der Waals surface area contributed by atoms with Crippen LogP contribution in [-0.4, -0.2) is 88.3 Å². The van der Waals surface area contributed by atoms with Gasteiger partial charge in [0.25, 0.3) is 0 Å². The summed E-state index contributed by atoms with van der Waals surface area (Å²) < 4.78 is 5.63. The molecule has 204 valence electrons. The normalized spacial score (nSPS) is 19.9. The van der Waals surface area contributed by atoms with Gasteiger partial charge in [-0.15, -0.1) is 11.3 Å². The minimum atomic E-state index is -1.12.